The number of hydrogen-bond donors (Lipinski definition) is 2. The van der Waals surface area contributed by atoms with Gasteiger partial charge in [-0.2, -0.15) is 0 Å². The van der Waals surface area contributed by atoms with Gasteiger partial charge < -0.3 is 15.5 Å². The number of nitrogens with one attached hydrogen (secondary N) is 2. The van der Waals surface area contributed by atoms with Crippen molar-refractivity contribution >= 4 is 35.1 Å². The molecule has 0 aliphatic carbocycles. The van der Waals surface area contributed by atoms with Gasteiger partial charge in [-0.1, -0.05) is 30.0 Å². The van der Waals surface area contributed by atoms with Crippen molar-refractivity contribution in [2.24, 2.45) is 0 Å². The summed E-state index contributed by atoms with van der Waals surface area (Å²) in [5.74, 6) is -0.0621. The van der Waals surface area contributed by atoms with Crippen LogP contribution >= 0.6 is 11.8 Å². The Morgan fingerprint density at radius 3 is 2.73 bits per heavy atom. The summed E-state index contributed by atoms with van der Waals surface area (Å²) in [7, 11) is 1.76. The molecule has 4 rings (SSSR count). The average molecular weight is 419 g/mol. The van der Waals surface area contributed by atoms with Crippen LogP contribution in [-0.4, -0.2) is 30.5 Å². The van der Waals surface area contributed by atoms with Crippen LogP contribution in [0.1, 0.15) is 22.5 Å². The van der Waals surface area contributed by atoms with Crippen LogP contribution in [0.15, 0.2) is 76.7 Å². The number of amides is 3. The van der Waals surface area contributed by atoms with Crippen LogP contribution < -0.4 is 15.5 Å². The van der Waals surface area contributed by atoms with Gasteiger partial charge in [-0.3, -0.25) is 9.78 Å². The van der Waals surface area contributed by atoms with Crippen LogP contribution in [0.3, 0.4) is 0 Å². The monoisotopic (exact) mass is 418 g/mol. The molecule has 0 radical (unpaired) electrons. The Hall–Kier alpha value is -3.32. The fraction of sp³-hybridized carbons (Fsp3) is 0.174. The van der Waals surface area contributed by atoms with Crippen molar-refractivity contribution in [2.45, 2.75) is 22.6 Å². The van der Waals surface area contributed by atoms with Gasteiger partial charge in [-0.05, 0) is 55.3 Å². The molecule has 152 valence electrons. The number of aromatic nitrogens is 1. The van der Waals surface area contributed by atoms with Crippen LogP contribution in [0.5, 0.6) is 0 Å². The fourth-order valence-corrected chi connectivity index (χ4v) is 4.36. The molecule has 0 saturated carbocycles. The van der Waals surface area contributed by atoms with Crippen LogP contribution in [0.4, 0.5) is 16.2 Å². The topological polar surface area (TPSA) is 74.3 Å². The summed E-state index contributed by atoms with van der Waals surface area (Å²) in [5.41, 5.74) is 3.11. The van der Waals surface area contributed by atoms with Gasteiger partial charge in [0.1, 0.15) is 0 Å². The molecule has 1 aliphatic rings. The summed E-state index contributed by atoms with van der Waals surface area (Å²) >= 11 is 1.56. The lowest BCUT2D eigenvalue weighted by Gasteiger charge is -2.18. The maximum Gasteiger partial charge on any atom is 0.319 e. The first-order chi connectivity index (χ1) is 14.6. The van der Waals surface area contributed by atoms with E-state index in [4.69, 9.17) is 0 Å². The van der Waals surface area contributed by atoms with Crippen LogP contribution in [0.2, 0.25) is 0 Å². The fourth-order valence-electron chi connectivity index (χ4n) is 3.28. The molecule has 0 atom stereocenters. The smallest absolute Gasteiger partial charge is 0.319 e. The van der Waals surface area contributed by atoms with Crippen molar-refractivity contribution in [1.29, 1.82) is 0 Å². The van der Waals surface area contributed by atoms with Gasteiger partial charge in [-0.15, -0.1) is 0 Å². The molecular formula is C23H22N4O2S. The second kappa shape index (κ2) is 9.00. The van der Waals surface area contributed by atoms with E-state index in [1.54, 1.807) is 29.9 Å². The average Bonchev–Trinajstić information content (AvgIpc) is 2.87. The first-order valence-electron chi connectivity index (χ1n) is 9.75. The number of urea groups is 1. The molecule has 0 fully saturated rings. The zero-order valence-electron chi connectivity index (χ0n) is 16.6. The number of aryl methyl sites for hydroxylation is 1. The van der Waals surface area contributed by atoms with Gasteiger partial charge in [0.2, 0.25) is 0 Å². The number of carbonyl (C=O) groups excluding carboxylic acids is 2. The van der Waals surface area contributed by atoms with Crippen LogP contribution in [0.25, 0.3) is 0 Å². The van der Waals surface area contributed by atoms with E-state index in [0.29, 0.717) is 17.8 Å². The van der Waals surface area contributed by atoms with E-state index < -0.39 is 0 Å². The Morgan fingerprint density at radius 1 is 1.07 bits per heavy atom. The molecular weight excluding hydrogens is 396 g/mol. The molecule has 2 N–H and O–H groups in total. The third kappa shape index (κ3) is 4.46. The normalized spacial score (nSPS) is 12.6. The quantitative estimate of drug-likeness (QED) is 0.595. The van der Waals surface area contributed by atoms with Crippen LogP contribution in [-0.2, 0) is 6.42 Å². The van der Waals surface area contributed by atoms with E-state index >= 15 is 0 Å². The summed E-state index contributed by atoms with van der Waals surface area (Å²) in [5, 5.41) is 5.72. The molecule has 6 nitrogen and oxygen atoms in total. The molecule has 3 aromatic rings. The highest BCUT2D eigenvalue weighted by molar-refractivity contribution is 7.99. The van der Waals surface area contributed by atoms with E-state index in [9.17, 15) is 9.59 Å². The number of hydrogen-bond acceptors (Lipinski definition) is 4. The lowest BCUT2D eigenvalue weighted by atomic mass is 10.2. The molecule has 0 unspecified atom stereocenters. The molecule has 0 saturated heterocycles. The third-order valence-electron chi connectivity index (χ3n) is 4.84. The van der Waals surface area contributed by atoms with Gasteiger partial charge in [0.05, 0.1) is 11.3 Å². The van der Waals surface area contributed by atoms with E-state index in [1.807, 2.05) is 60.7 Å². The van der Waals surface area contributed by atoms with Crippen molar-refractivity contribution < 1.29 is 9.59 Å². The minimum atomic E-state index is -0.269. The van der Waals surface area contributed by atoms with Crippen molar-refractivity contribution in [3.05, 3.63) is 78.1 Å². The molecule has 1 aliphatic heterocycles. The molecule has 0 bridgehead atoms. The Morgan fingerprint density at radius 2 is 1.90 bits per heavy atom. The number of pyridine rings is 1. The van der Waals surface area contributed by atoms with E-state index in [0.717, 1.165) is 34.0 Å². The Bertz CT molecular complexity index is 1070. The highest BCUT2D eigenvalue weighted by Gasteiger charge is 2.24. The van der Waals surface area contributed by atoms with E-state index in [1.165, 1.54) is 0 Å². The minimum Gasteiger partial charge on any atom is -0.338 e. The summed E-state index contributed by atoms with van der Waals surface area (Å²) in [6.45, 7) is 0.552. The molecule has 1 aromatic heterocycles. The van der Waals surface area contributed by atoms with Gasteiger partial charge in [-0.25, -0.2) is 4.79 Å². The Labute approximate surface area is 179 Å². The summed E-state index contributed by atoms with van der Waals surface area (Å²) < 4.78 is 0. The van der Waals surface area contributed by atoms with Crippen LogP contribution in [0, 0.1) is 0 Å². The highest BCUT2D eigenvalue weighted by atomic mass is 32.2. The number of benzene rings is 2. The van der Waals surface area contributed by atoms with Crippen molar-refractivity contribution in [3.8, 4) is 0 Å². The number of fused-ring (bicyclic) bond motifs is 2. The van der Waals surface area contributed by atoms with Gasteiger partial charge in [0, 0.05) is 41.0 Å². The second-order valence-corrected chi connectivity index (χ2v) is 8.03. The first-order valence-corrected chi connectivity index (χ1v) is 10.6. The van der Waals surface area contributed by atoms with Crippen molar-refractivity contribution in [1.82, 2.24) is 10.3 Å². The number of carbonyl (C=O) groups is 2. The summed E-state index contributed by atoms with van der Waals surface area (Å²) in [4.78, 5) is 32.9. The molecule has 3 amide bonds. The Balaban J connectivity index is 1.38. The number of anilines is 2. The molecule has 30 heavy (non-hydrogen) atoms. The van der Waals surface area contributed by atoms with Crippen molar-refractivity contribution in [3.63, 3.8) is 0 Å². The predicted octanol–water partition coefficient (Wildman–Crippen LogP) is 4.58. The largest absolute Gasteiger partial charge is 0.338 e. The lowest BCUT2D eigenvalue weighted by Crippen LogP contribution is -2.30. The summed E-state index contributed by atoms with van der Waals surface area (Å²) in [6, 6.07) is 18.8. The Kier molecular flexibility index (Phi) is 5.99. The van der Waals surface area contributed by atoms with E-state index in [2.05, 4.69) is 15.6 Å². The molecule has 0 spiro atoms. The van der Waals surface area contributed by atoms with Gasteiger partial charge in [0.15, 0.2) is 0 Å². The second-order valence-electron chi connectivity index (χ2n) is 6.95. The lowest BCUT2D eigenvalue weighted by molar-refractivity contribution is 0.0990. The maximum absolute atomic E-state index is 12.8. The van der Waals surface area contributed by atoms with Gasteiger partial charge in [0.25, 0.3) is 5.91 Å². The summed E-state index contributed by atoms with van der Waals surface area (Å²) in [6.07, 6.45) is 3.39. The highest BCUT2D eigenvalue weighted by Crippen LogP contribution is 2.41. The van der Waals surface area contributed by atoms with E-state index in [-0.39, 0.29) is 11.9 Å². The molecule has 2 heterocycles. The third-order valence-corrected chi connectivity index (χ3v) is 5.98. The van der Waals surface area contributed by atoms with Gasteiger partial charge >= 0.3 is 6.03 Å². The standard InChI is InChI=1S/C23H22N4O2S/c1-27-19-15-17(26-23(29)25-14-6-8-16-7-4-5-13-24-16)11-12-21(19)30-20-10-3-2-9-18(20)22(27)28/h2-5,7,9-13,15H,6,8,14H2,1H3,(H2,25,26,29). The number of rotatable bonds is 5. The minimum absolute atomic E-state index is 0.0621. The first kappa shape index (κ1) is 20.0. The zero-order chi connectivity index (χ0) is 20.9. The number of nitrogens with zero attached hydrogens (tertiary/aromatic N) is 2. The maximum atomic E-state index is 12.8. The molecule has 2 aromatic carbocycles. The van der Waals surface area contributed by atoms with Crippen molar-refractivity contribution in [2.75, 3.05) is 23.8 Å². The molecule has 7 heteroatoms. The SMILES string of the molecule is CN1C(=O)c2ccccc2Sc2ccc(NC(=O)NCCCc3ccccn3)cc21. The zero-order valence-corrected chi connectivity index (χ0v) is 17.4. The predicted molar refractivity (Wildman–Crippen MR) is 119 cm³/mol.